The number of hydrogen-bond donors (Lipinski definition) is 2. The quantitative estimate of drug-likeness (QED) is 0.478. The molecule has 0 atom stereocenters. The van der Waals surface area contributed by atoms with E-state index in [-0.39, 0.29) is 10.7 Å². The van der Waals surface area contributed by atoms with Gasteiger partial charge in [-0.2, -0.15) is 0 Å². The number of carbonyl (C=O) groups excluding carboxylic acids is 1. The summed E-state index contributed by atoms with van der Waals surface area (Å²) in [6, 6.07) is 2.68. The summed E-state index contributed by atoms with van der Waals surface area (Å²) in [4.78, 5) is 31.7. The van der Waals surface area contributed by atoms with Crippen LogP contribution in [0.5, 0.6) is 0 Å². The maximum atomic E-state index is 10.8. The molecule has 0 saturated heterocycles. The van der Waals surface area contributed by atoms with Crippen molar-refractivity contribution in [1.82, 2.24) is 5.32 Å². The Bertz CT molecular complexity index is 505. The summed E-state index contributed by atoms with van der Waals surface area (Å²) >= 11 is 0.824. The molecule has 0 spiro atoms. The highest BCUT2D eigenvalue weighted by Crippen LogP contribution is 2.25. The third-order valence-electron chi connectivity index (χ3n) is 1.62. The van der Waals surface area contributed by atoms with Crippen molar-refractivity contribution in [2.24, 2.45) is 0 Å². The molecule has 0 aliphatic rings. The molecule has 0 radical (unpaired) electrons. The summed E-state index contributed by atoms with van der Waals surface area (Å²) < 4.78 is 0. The van der Waals surface area contributed by atoms with Crippen molar-refractivity contribution >= 4 is 34.3 Å². The lowest BCUT2D eigenvalue weighted by Crippen LogP contribution is -2.24. The zero-order valence-electron chi connectivity index (χ0n) is 8.67. The molecule has 0 bridgehead atoms. The molecule has 1 amide bonds. The van der Waals surface area contributed by atoms with Crippen LogP contribution in [0.3, 0.4) is 0 Å². The van der Waals surface area contributed by atoms with E-state index in [0.717, 1.165) is 11.3 Å². The molecule has 0 aliphatic heterocycles. The predicted octanol–water partition coefficient (Wildman–Crippen LogP) is 1.22. The lowest BCUT2D eigenvalue weighted by atomic mass is 10.3. The number of thiophene rings is 1. The Labute approximate surface area is 99.5 Å². The molecule has 0 aromatic carbocycles. The molecule has 90 valence electrons. The van der Waals surface area contributed by atoms with E-state index in [1.807, 2.05) is 0 Å². The summed E-state index contributed by atoms with van der Waals surface area (Å²) in [7, 11) is 0. The first kappa shape index (κ1) is 12.8. The molecule has 17 heavy (non-hydrogen) atoms. The van der Waals surface area contributed by atoms with Gasteiger partial charge in [0.05, 0.1) is 4.92 Å². The SMILES string of the molecule is CC(=O)N/C(=C/c1ccc([N+](=O)[O-])s1)C(=O)O. The van der Waals surface area contributed by atoms with Gasteiger partial charge in [0.15, 0.2) is 0 Å². The standard InChI is InChI=1S/C9H8N2O5S/c1-5(12)10-7(9(13)14)4-6-2-3-8(17-6)11(15)16/h2-4H,1H3,(H,10,12)(H,13,14)/b7-4+. The molecular formula is C9H8N2O5S. The highest BCUT2D eigenvalue weighted by atomic mass is 32.1. The van der Waals surface area contributed by atoms with Gasteiger partial charge < -0.3 is 10.4 Å². The van der Waals surface area contributed by atoms with Crippen LogP contribution in [0.2, 0.25) is 0 Å². The minimum Gasteiger partial charge on any atom is -0.477 e. The van der Waals surface area contributed by atoms with Crippen molar-refractivity contribution in [3.63, 3.8) is 0 Å². The van der Waals surface area contributed by atoms with Crippen LogP contribution in [0.4, 0.5) is 5.00 Å². The Morgan fingerprint density at radius 3 is 2.59 bits per heavy atom. The largest absolute Gasteiger partial charge is 0.477 e. The number of nitro groups is 1. The highest BCUT2D eigenvalue weighted by Gasteiger charge is 2.12. The topological polar surface area (TPSA) is 110 Å². The average molecular weight is 256 g/mol. The third kappa shape index (κ3) is 3.68. The van der Waals surface area contributed by atoms with Gasteiger partial charge in [0.1, 0.15) is 5.70 Å². The Balaban J connectivity index is 3.00. The smallest absolute Gasteiger partial charge is 0.352 e. The summed E-state index contributed by atoms with van der Waals surface area (Å²) in [6.07, 6.45) is 1.17. The molecule has 1 rings (SSSR count). The maximum Gasteiger partial charge on any atom is 0.352 e. The molecular weight excluding hydrogens is 248 g/mol. The van der Waals surface area contributed by atoms with Gasteiger partial charge >= 0.3 is 11.0 Å². The minimum atomic E-state index is -1.31. The lowest BCUT2D eigenvalue weighted by Gasteiger charge is -2.00. The van der Waals surface area contributed by atoms with E-state index in [1.54, 1.807) is 0 Å². The molecule has 1 aromatic rings. The zero-order chi connectivity index (χ0) is 13.0. The van der Waals surface area contributed by atoms with Gasteiger partial charge in [-0.25, -0.2) is 4.79 Å². The van der Waals surface area contributed by atoms with Crippen LogP contribution < -0.4 is 5.32 Å². The maximum absolute atomic E-state index is 10.8. The van der Waals surface area contributed by atoms with Gasteiger partial charge in [-0.15, -0.1) is 0 Å². The predicted molar refractivity (Wildman–Crippen MR) is 60.4 cm³/mol. The minimum absolute atomic E-state index is 0.0937. The van der Waals surface area contributed by atoms with E-state index in [1.165, 1.54) is 25.1 Å². The number of rotatable bonds is 4. The number of carbonyl (C=O) groups is 2. The first-order valence-electron chi connectivity index (χ1n) is 4.37. The molecule has 1 heterocycles. The lowest BCUT2D eigenvalue weighted by molar-refractivity contribution is -0.380. The van der Waals surface area contributed by atoms with Crippen molar-refractivity contribution in [2.45, 2.75) is 6.92 Å². The molecule has 0 fully saturated rings. The number of carboxylic acids is 1. The van der Waals surface area contributed by atoms with Gasteiger partial charge in [-0.1, -0.05) is 11.3 Å². The van der Waals surface area contributed by atoms with Crippen LogP contribution in [0, 0.1) is 10.1 Å². The van der Waals surface area contributed by atoms with Gasteiger partial charge in [0, 0.05) is 17.9 Å². The Kier molecular flexibility index (Phi) is 3.94. The zero-order valence-corrected chi connectivity index (χ0v) is 9.48. The fourth-order valence-corrected chi connectivity index (χ4v) is 1.77. The second-order valence-corrected chi connectivity index (χ2v) is 4.07. The molecule has 0 saturated carbocycles. The van der Waals surface area contributed by atoms with E-state index in [9.17, 15) is 19.7 Å². The summed E-state index contributed by atoms with van der Waals surface area (Å²) in [6.45, 7) is 1.17. The molecule has 7 nitrogen and oxygen atoms in total. The van der Waals surface area contributed by atoms with Gasteiger partial charge in [-0.05, 0) is 12.1 Å². The van der Waals surface area contributed by atoms with Crippen LogP contribution in [0.15, 0.2) is 17.8 Å². The normalized spacial score (nSPS) is 11.0. The van der Waals surface area contributed by atoms with Crippen LogP contribution >= 0.6 is 11.3 Å². The molecule has 0 unspecified atom stereocenters. The second kappa shape index (κ2) is 5.21. The monoisotopic (exact) mass is 256 g/mol. The van der Waals surface area contributed by atoms with Crippen molar-refractivity contribution < 1.29 is 19.6 Å². The molecule has 1 aromatic heterocycles. The van der Waals surface area contributed by atoms with Gasteiger partial charge in [0.2, 0.25) is 5.91 Å². The van der Waals surface area contributed by atoms with E-state index >= 15 is 0 Å². The summed E-state index contributed by atoms with van der Waals surface area (Å²) in [5.74, 6) is -1.83. The number of nitrogens with one attached hydrogen (secondary N) is 1. The number of hydrogen-bond acceptors (Lipinski definition) is 5. The Hall–Kier alpha value is -2.22. The molecule has 2 N–H and O–H groups in total. The summed E-state index contributed by atoms with van der Waals surface area (Å²) in [5.41, 5.74) is -0.325. The Morgan fingerprint density at radius 1 is 1.53 bits per heavy atom. The van der Waals surface area contributed by atoms with Crippen molar-refractivity contribution in [2.75, 3.05) is 0 Å². The first-order valence-corrected chi connectivity index (χ1v) is 5.18. The van der Waals surface area contributed by atoms with Gasteiger partial charge in [-0.3, -0.25) is 14.9 Å². The van der Waals surface area contributed by atoms with E-state index in [4.69, 9.17) is 5.11 Å². The van der Waals surface area contributed by atoms with E-state index < -0.39 is 16.8 Å². The molecule has 8 heteroatoms. The average Bonchev–Trinajstić information content (AvgIpc) is 2.64. The van der Waals surface area contributed by atoms with Crippen molar-refractivity contribution in [1.29, 1.82) is 0 Å². The molecule has 0 aliphatic carbocycles. The van der Waals surface area contributed by atoms with Crippen molar-refractivity contribution in [3.8, 4) is 0 Å². The van der Waals surface area contributed by atoms with Crippen LogP contribution in [-0.4, -0.2) is 21.9 Å². The van der Waals surface area contributed by atoms with Crippen molar-refractivity contribution in [3.05, 3.63) is 32.8 Å². The Morgan fingerprint density at radius 2 is 2.18 bits per heavy atom. The van der Waals surface area contributed by atoms with Crippen LogP contribution in [0.1, 0.15) is 11.8 Å². The fourth-order valence-electron chi connectivity index (χ4n) is 1.00. The van der Waals surface area contributed by atoms with E-state index in [2.05, 4.69) is 5.32 Å². The summed E-state index contributed by atoms with van der Waals surface area (Å²) in [5, 5.41) is 21.2. The highest BCUT2D eigenvalue weighted by molar-refractivity contribution is 7.16. The van der Waals surface area contributed by atoms with E-state index in [0.29, 0.717) is 4.88 Å². The van der Waals surface area contributed by atoms with Crippen LogP contribution in [0.25, 0.3) is 6.08 Å². The number of nitrogens with zero attached hydrogens (tertiary/aromatic N) is 1. The fraction of sp³-hybridized carbons (Fsp3) is 0.111. The van der Waals surface area contributed by atoms with Crippen LogP contribution in [-0.2, 0) is 9.59 Å². The number of amides is 1. The first-order chi connectivity index (χ1) is 7.90. The third-order valence-corrected chi connectivity index (χ3v) is 2.60. The second-order valence-electron chi connectivity index (χ2n) is 2.98. The number of carboxylic acid groups (broad SMARTS) is 1. The van der Waals surface area contributed by atoms with Gasteiger partial charge in [0.25, 0.3) is 0 Å². The number of aliphatic carboxylic acids is 1.